The maximum atomic E-state index is 13.8. The fourth-order valence-electron chi connectivity index (χ4n) is 4.87. The molecule has 0 saturated carbocycles. The first-order valence-corrected chi connectivity index (χ1v) is 14.3. The molecule has 2 heterocycles. The van der Waals surface area contributed by atoms with Crippen molar-refractivity contribution < 1.29 is 14.3 Å². The molecular weight excluding hydrogens is 504 g/mol. The van der Waals surface area contributed by atoms with Gasteiger partial charge in [0.2, 0.25) is 5.91 Å². The number of carbonyl (C=O) groups excluding carboxylic acids is 2. The van der Waals surface area contributed by atoms with Crippen LogP contribution in [0.25, 0.3) is 0 Å². The SMILES string of the molecule is CCCCc1ccc(C(=O)N(CCCOC)CC(=O)N2CCc3sccc3C2c2ccc(Cl)cc2)cc1. The van der Waals surface area contributed by atoms with Gasteiger partial charge in [-0.3, -0.25) is 9.59 Å². The summed E-state index contributed by atoms with van der Waals surface area (Å²) in [5.41, 5.74) is 4.02. The van der Waals surface area contributed by atoms with Crippen LogP contribution in [0.1, 0.15) is 64.2 Å². The van der Waals surface area contributed by atoms with Crippen molar-refractivity contribution in [3.8, 4) is 0 Å². The van der Waals surface area contributed by atoms with Gasteiger partial charge in [-0.05, 0) is 78.1 Å². The van der Waals surface area contributed by atoms with Crippen molar-refractivity contribution in [1.82, 2.24) is 9.80 Å². The first kappa shape index (κ1) is 27.4. The molecule has 0 spiro atoms. The van der Waals surface area contributed by atoms with Crippen LogP contribution in [0, 0.1) is 0 Å². The molecule has 1 unspecified atom stereocenters. The number of halogens is 1. The van der Waals surface area contributed by atoms with Gasteiger partial charge in [0.15, 0.2) is 0 Å². The number of unbranched alkanes of at least 4 members (excludes halogenated alkanes) is 1. The maximum Gasteiger partial charge on any atom is 0.254 e. The minimum atomic E-state index is -0.187. The summed E-state index contributed by atoms with van der Waals surface area (Å²) < 4.78 is 5.22. The van der Waals surface area contributed by atoms with Crippen LogP contribution in [0.4, 0.5) is 0 Å². The molecule has 2 aromatic carbocycles. The van der Waals surface area contributed by atoms with Gasteiger partial charge < -0.3 is 14.5 Å². The minimum absolute atomic E-state index is 0.0314. The third-order valence-electron chi connectivity index (χ3n) is 6.88. The minimum Gasteiger partial charge on any atom is -0.385 e. The van der Waals surface area contributed by atoms with E-state index in [0.717, 1.165) is 36.8 Å². The predicted octanol–water partition coefficient (Wildman–Crippen LogP) is 6.40. The van der Waals surface area contributed by atoms with Crippen LogP contribution in [-0.4, -0.2) is 55.0 Å². The largest absolute Gasteiger partial charge is 0.385 e. The lowest BCUT2D eigenvalue weighted by Gasteiger charge is -2.37. The van der Waals surface area contributed by atoms with E-state index in [1.54, 1.807) is 23.3 Å². The van der Waals surface area contributed by atoms with Gasteiger partial charge in [0.25, 0.3) is 5.91 Å². The summed E-state index contributed by atoms with van der Waals surface area (Å²) in [5, 5.41) is 2.75. The average Bonchev–Trinajstić information content (AvgIpc) is 3.40. The number of hydrogen-bond donors (Lipinski definition) is 0. The zero-order valence-electron chi connectivity index (χ0n) is 21.6. The molecule has 4 rings (SSSR count). The number of ether oxygens (including phenoxy) is 1. The molecule has 1 aromatic heterocycles. The number of rotatable bonds is 11. The number of benzene rings is 2. The Morgan fingerprint density at radius 2 is 1.84 bits per heavy atom. The van der Waals surface area contributed by atoms with Crippen LogP contribution in [0.15, 0.2) is 60.0 Å². The quantitative estimate of drug-likeness (QED) is 0.265. The molecule has 0 bridgehead atoms. The molecule has 3 aromatic rings. The highest BCUT2D eigenvalue weighted by molar-refractivity contribution is 7.10. The molecule has 0 fully saturated rings. The molecule has 1 aliphatic rings. The average molecular weight is 539 g/mol. The van der Waals surface area contributed by atoms with Crippen molar-refractivity contribution in [2.45, 2.75) is 45.1 Å². The maximum absolute atomic E-state index is 13.8. The number of aryl methyl sites for hydroxylation is 1. The Morgan fingerprint density at radius 1 is 1.08 bits per heavy atom. The van der Waals surface area contributed by atoms with Gasteiger partial charge in [0, 0.05) is 42.3 Å². The molecule has 1 aliphatic heterocycles. The molecule has 7 heteroatoms. The number of hydrogen-bond acceptors (Lipinski definition) is 4. The van der Waals surface area contributed by atoms with Crippen LogP contribution in [0.2, 0.25) is 5.02 Å². The highest BCUT2D eigenvalue weighted by Crippen LogP contribution is 2.38. The standard InChI is InChI=1S/C30H35ClN2O3S/c1-3-4-6-22-7-9-24(10-8-22)30(35)32(17-5-19-36-2)21-28(34)33-18-15-27-26(16-20-37-27)29(33)23-11-13-25(31)14-12-23/h7-14,16,20,29H,3-6,15,17-19,21H2,1-2H3. The van der Waals surface area contributed by atoms with E-state index in [9.17, 15) is 9.59 Å². The second-order valence-electron chi connectivity index (χ2n) is 9.46. The molecular formula is C30H35ClN2O3S. The van der Waals surface area contributed by atoms with Gasteiger partial charge in [-0.2, -0.15) is 0 Å². The Hall–Kier alpha value is -2.67. The summed E-state index contributed by atoms with van der Waals surface area (Å²) in [6.07, 6.45) is 4.75. The topological polar surface area (TPSA) is 49.9 Å². The van der Waals surface area contributed by atoms with Crippen molar-refractivity contribution in [2.24, 2.45) is 0 Å². The van der Waals surface area contributed by atoms with E-state index in [1.807, 2.05) is 53.4 Å². The summed E-state index contributed by atoms with van der Waals surface area (Å²) in [4.78, 5) is 32.2. The summed E-state index contributed by atoms with van der Waals surface area (Å²) in [6.45, 7) is 3.81. The normalized spacial score (nSPS) is 14.9. The van der Waals surface area contributed by atoms with Gasteiger partial charge in [-0.1, -0.05) is 49.2 Å². The van der Waals surface area contributed by atoms with Crippen molar-refractivity contribution in [2.75, 3.05) is 33.4 Å². The monoisotopic (exact) mass is 538 g/mol. The van der Waals surface area contributed by atoms with Crippen LogP contribution >= 0.6 is 22.9 Å². The lowest BCUT2D eigenvalue weighted by molar-refractivity contribution is -0.134. The van der Waals surface area contributed by atoms with Crippen LogP contribution in [-0.2, 0) is 22.4 Å². The van der Waals surface area contributed by atoms with Gasteiger partial charge in [-0.15, -0.1) is 11.3 Å². The number of methoxy groups -OCH3 is 1. The van der Waals surface area contributed by atoms with E-state index < -0.39 is 0 Å². The molecule has 2 amide bonds. The Bertz CT molecular complexity index is 1180. The summed E-state index contributed by atoms with van der Waals surface area (Å²) >= 11 is 7.89. The second kappa shape index (κ2) is 13.2. The van der Waals surface area contributed by atoms with Gasteiger partial charge in [0.1, 0.15) is 6.54 Å². The van der Waals surface area contributed by atoms with E-state index in [2.05, 4.69) is 18.4 Å². The third-order valence-corrected chi connectivity index (χ3v) is 8.13. The van der Waals surface area contributed by atoms with Crippen LogP contribution in [0.5, 0.6) is 0 Å². The number of amides is 2. The van der Waals surface area contributed by atoms with Crippen LogP contribution in [0.3, 0.4) is 0 Å². The summed E-state index contributed by atoms with van der Waals surface area (Å²) in [5.74, 6) is -0.176. The van der Waals surface area contributed by atoms with Crippen LogP contribution < -0.4 is 0 Å². The number of thiophene rings is 1. The molecule has 1 atom stereocenters. The zero-order chi connectivity index (χ0) is 26.2. The first-order valence-electron chi connectivity index (χ1n) is 13.0. The summed E-state index contributed by atoms with van der Waals surface area (Å²) in [7, 11) is 1.65. The lowest BCUT2D eigenvalue weighted by Crippen LogP contribution is -2.47. The number of nitrogens with zero attached hydrogens (tertiary/aromatic N) is 2. The highest BCUT2D eigenvalue weighted by Gasteiger charge is 2.34. The summed E-state index contributed by atoms with van der Waals surface area (Å²) in [6, 6.07) is 17.5. The lowest BCUT2D eigenvalue weighted by atomic mass is 9.93. The van der Waals surface area contributed by atoms with Crippen molar-refractivity contribution >= 4 is 34.8 Å². The predicted molar refractivity (Wildman–Crippen MR) is 150 cm³/mol. The molecule has 0 saturated heterocycles. The van der Waals surface area contributed by atoms with Crippen molar-refractivity contribution in [1.29, 1.82) is 0 Å². The fourth-order valence-corrected chi connectivity index (χ4v) is 5.90. The molecule has 0 N–H and O–H groups in total. The second-order valence-corrected chi connectivity index (χ2v) is 10.9. The Balaban J connectivity index is 1.55. The Morgan fingerprint density at radius 3 is 2.54 bits per heavy atom. The van der Waals surface area contributed by atoms with E-state index in [-0.39, 0.29) is 24.4 Å². The van der Waals surface area contributed by atoms with Crippen molar-refractivity contribution in [3.05, 3.63) is 92.1 Å². The smallest absolute Gasteiger partial charge is 0.254 e. The first-order chi connectivity index (χ1) is 18.0. The van der Waals surface area contributed by atoms with Gasteiger partial charge >= 0.3 is 0 Å². The third kappa shape index (κ3) is 6.81. The van der Waals surface area contributed by atoms with Gasteiger partial charge in [0.05, 0.1) is 6.04 Å². The Labute approximate surface area is 229 Å². The van der Waals surface area contributed by atoms with Gasteiger partial charge in [-0.25, -0.2) is 0 Å². The highest BCUT2D eigenvalue weighted by atomic mass is 35.5. The molecule has 196 valence electrons. The molecule has 5 nitrogen and oxygen atoms in total. The van der Waals surface area contributed by atoms with Crippen molar-refractivity contribution in [3.63, 3.8) is 0 Å². The van der Waals surface area contributed by atoms with E-state index in [0.29, 0.717) is 36.7 Å². The van der Waals surface area contributed by atoms with E-state index in [4.69, 9.17) is 16.3 Å². The van der Waals surface area contributed by atoms with E-state index in [1.165, 1.54) is 10.4 Å². The number of carbonyl (C=O) groups is 2. The zero-order valence-corrected chi connectivity index (χ0v) is 23.2. The Kier molecular flexibility index (Phi) is 9.78. The van der Waals surface area contributed by atoms with E-state index >= 15 is 0 Å². The molecule has 37 heavy (non-hydrogen) atoms. The molecule has 0 aliphatic carbocycles. The molecule has 0 radical (unpaired) electrons. The fraction of sp³-hybridized carbons (Fsp3) is 0.400. The number of fused-ring (bicyclic) bond motifs is 1.